The van der Waals surface area contributed by atoms with Crippen LogP contribution in [-0.4, -0.2) is 46.7 Å². The van der Waals surface area contributed by atoms with Crippen molar-refractivity contribution in [3.63, 3.8) is 0 Å². The van der Waals surface area contributed by atoms with E-state index in [4.69, 9.17) is 22.8 Å². The Kier molecular flexibility index (Phi) is 7.49. The molecule has 0 aromatic heterocycles. The molecule has 1 fully saturated rings. The molecule has 3 unspecified atom stereocenters. The van der Waals surface area contributed by atoms with Crippen LogP contribution in [-0.2, 0) is 22.8 Å². The summed E-state index contributed by atoms with van der Waals surface area (Å²) in [4.78, 5) is 0. The van der Waals surface area contributed by atoms with E-state index in [0.29, 0.717) is 19.8 Å². The Labute approximate surface area is 117 Å². The Morgan fingerprint density at radius 1 is 0.947 bits per heavy atom. The minimum atomic E-state index is -2.79. The van der Waals surface area contributed by atoms with Gasteiger partial charge in [0.15, 0.2) is 6.29 Å². The molecule has 19 heavy (non-hydrogen) atoms. The first kappa shape index (κ1) is 17.1. The molecule has 0 saturated carbocycles. The minimum absolute atomic E-state index is 0.122. The summed E-state index contributed by atoms with van der Waals surface area (Å²) in [6.07, 6.45) is 1.85. The predicted molar refractivity (Wildman–Crippen MR) is 74.7 cm³/mol. The molecule has 5 nitrogen and oxygen atoms in total. The van der Waals surface area contributed by atoms with Crippen LogP contribution in [0.3, 0.4) is 0 Å². The third-order valence-corrected chi connectivity index (χ3v) is 6.44. The number of hydrogen-bond donors (Lipinski definition) is 0. The summed E-state index contributed by atoms with van der Waals surface area (Å²) >= 11 is 0. The van der Waals surface area contributed by atoms with Crippen molar-refractivity contribution in [2.45, 2.75) is 65.6 Å². The van der Waals surface area contributed by atoms with E-state index in [1.54, 1.807) is 0 Å². The molecule has 1 heterocycles. The largest absolute Gasteiger partial charge is 0.531 e. The van der Waals surface area contributed by atoms with Gasteiger partial charge in [0, 0.05) is 19.8 Å². The fourth-order valence-electron chi connectivity index (χ4n) is 2.13. The van der Waals surface area contributed by atoms with Crippen molar-refractivity contribution in [3.05, 3.63) is 0 Å². The first-order valence-corrected chi connectivity index (χ1v) is 9.20. The van der Waals surface area contributed by atoms with E-state index in [-0.39, 0.29) is 18.1 Å². The summed E-state index contributed by atoms with van der Waals surface area (Å²) in [6, 6.07) is 0. The van der Waals surface area contributed by atoms with Crippen LogP contribution in [0.4, 0.5) is 0 Å². The molecule has 1 aliphatic heterocycles. The van der Waals surface area contributed by atoms with Crippen molar-refractivity contribution in [2.75, 3.05) is 19.8 Å². The lowest BCUT2D eigenvalue weighted by Crippen LogP contribution is -2.57. The zero-order valence-corrected chi connectivity index (χ0v) is 13.8. The van der Waals surface area contributed by atoms with Crippen molar-refractivity contribution < 1.29 is 22.8 Å². The molecular formula is C13H28O5Si. The molecule has 114 valence electrons. The van der Waals surface area contributed by atoms with Crippen LogP contribution in [0.15, 0.2) is 0 Å². The average molecular weight is 292 g/mol. The van der Waals surface area contributed by atoms with Crippen molar-refractivity contribution >= 4 is 8.80 Å². The Morgan fingerprint density at radius 3 is 1.79 bits per heavy atom. The molecule has 1 rings (SSSR count). The summed E-state index contributed by atoms with van der Waals surface area (Å²) in [6.45, 7) is 11.7. The van der Waals surface area contributed by atoms with Crippen LogP contribution in [0.25, 0.3) is 0 Å². The topological polar surface area (TPSA) is 49.5 Å². The molecule has 0 aromatic carbocycles. The lowest BCUT2D eigenvalue weighted by molar-refractivity contribution is -0.0423. The van der Waals surface area contributed by atoms with Crippen LogP contribution in [0.1, 0.15) is 47.5 Å². The minimum Gasteiger partial charge on any atom is -0.372 e. The molecular weight excluding hydrogens is 264 g/mol. The second-order valence-corrected chi connectivity index (χ2v) is 7.10. The van der Waals surface area contributed by atoms with E-state index in [9.17, 15) is 0 Å². The van der Waals surface area contributed by atoms with E-state index >= 15 is 0 Å². The SMILES string of the molecule is CCO[Si](OCC)(OCC)C(CC)OC1OC1CC. The van der Waals surface area contributed by atoms with Gasteiger partial charge in [-0.25, -0.2) is 0 Å². The second kappa shape index (κ2) is 8.34. The zero-order chi connectivity index (χ0) is 14.3. The lowest BCUT2D eigenvalue weighted by atomic mass is 10.3. The molecule has 6 heteroatoms. The van der Waals surface area contributed by atoms with Crippen molar-refractivity contribution in [3.8, 4) is 0 Å². The molecule has 3 atom stereocenters. The third-order valence-electron chi connectivity index (χ3n) is 3.04. The molecule has 0 radical (unpaired) electrons. The van der Waals surface area contributed by atoms with Gasteiger partial charge in [-0.3, -0.25) is 0 Å². The van der Waals surface area contributed by atoms with Gasteiger partial charge in [0.05, 0.1) is 0 Å². The maximum Gasteiger partial charge on any atom is 0.531 e. The van der Waals surface area contributed by atoms with Gasteiger partial charge in [0.2, 0.25) is 0 Å². The van der Waals surface area contributed by atoms with Crippen LogP contribution in [0, 0.1) is 0 Å². The normalized spacial score (nSPS) is 24.5. The van der Waals surface area contributed by atoms with Crippen LogP contribution < -0.4 is 0 Å². The van der Waals surface area contributed by atoms with Gasteiger partial charge in [0.1, 0.15) is 11.8 Å². The highest BCUT2D eigenvalue weighted by atomic mass is 28.4. The quantitative estimate of drug-likeness (QED) is 0.432. The molecule has 1 aliphatic rings. The smallest absolute Gasteiger partial charge is 0.372 e. The van der Waals surface area contributed by atoms with Crippen molar-refractivity contribution in [2.24, 2.45) is 0 Å². The second-order valence-electron chi connectivity index (χ2n) is 4.39. The Bertz CT molecular complexity index is 234. The van der Waals surface area contributed by atoms with E-state index in [1.165, 1.54) is 0 Å². The van der Waals surface area contributed by atoms with E-state index in [1.807, 2.05) is 20.8 Å². The highest BCUT2D eigenvalue weighted by molar-refractivity contribution is 6.62. The fourth-order valence-corrected chi connectivity index (χ4v) is 4.95. The van der Waals surface area contributed by atoms with Gasteiger partial charge >= 0.3 is 8.80 Å². The summed E-state index contributed by atoms with van der Waals surface area (Å²) in [7, 11) is -2.79. The first-order valence-electron chi connectivity index (χ1n) is 7.40. The summed E-state index contributed by atoms with van der Waals surface area (Å²) in [5.74, 6) is 0. The average Bonchev–Trinajstić information content (AvgIpc) is 3.15. The molecule has 1 saturated heterocycles. The Hall–Kier alpha value is 0.0169. The number of epoxide rings is 1. The molecule has 0 N–H and O–H groups in total. The van der Waals surface area contributed by atoms with Crippen molar-refractivity contribution in [1.29, 1.82) is 0 Å². The number of hydrogen-bond acceptors (Lipinski definition) is 5. The van der Waals surface area contributed by atoms with Gasteiger partial charge in [-0.05, 0) is 33.6 Å². The zero-order valence-electron chi connectivity index (χ0n) is 12.8. The van der Waals surface area contributed by atoms with Gasteiger partial charge < -0.3 is 22.8 Å². The summed E-state index contributed by atoms with van der Waals surface area (Å²) in [5.41, 5.74) is -0.158. The van der Waals surface area contributed by atoms with E-state index < -0.39 is 8.80 Å². The standard InChI is InChI=1S/C13H28O5Si/c1-6-11-13(17-11)18-12(7-2)19(14-8-3,15-9-4)16-10-5/h11-13H,6-10H2,1-5H3. The maximum absolute atomic E-state index is 6.00. The monoisotopic (exact) mass is 292 g/mol. The van der Waals surface area contributed by atoms with Crippen LogP contribution >= 0.6 is 0 Å². The van der Waals surface area contributed by atoms with Gasteiger partial charge in [-0.15, -0.1) is 0 Å². The number of ether oxygens (including phenoxy) is 2. The molecule has 0 spiro atoms. The van der Waals surface area contributed by atoms with Gasteiger partial charge in [-0.2, -0.15) is 0 Å². The van der Waals surface area contributed by atoms with E-state index in [2.05, 4.69) is 13.8 Å². The molecule has 0 aliphatic carbocycles. The Balaban J connectivity index is 2.72. The Morgan fingerprint density at radius 2 is 1.47 bits per heavy atom. The lowest BCUT2D eigenvalue weighted by Gasteiger charge is -2.34. The molecule has 0 bridgehead atoms. The van der Waals surface area contributed by atoms with E-state index in [0.717, 1.165) is 12.8 Å². The molecule has 0 amide bonds. The summed E-state index contributed by atoms with van der Waals surface area (Å²) in [5, 5.41) is 0. The van der Waals surface area contributed by atoms with Crippen LogP contribution in [0.2, 0.25) is 0 Å². The van der Waals surface area contributed by atoms with Crippen LogP contribution in [0.5, 0.6) is 0 Å². The molecule has 0 aromatic rings. The highest BCUT2D eigenvalue weighted by Crippen LogP contribution is 2.31. The third kappa shape index (κ3) is 4.51. The predicted octanol–water partition coefficient (Wildman–Crippen LogP) is 2.50. The van der Waals surface area contributed by atoms with Gasteiger partial charge in [0.25, 0.3) is 0 Å². The summed E-state index contributed by atoms with van der Waals surface area (Å²) < 4.78 is 29.1. The highest BCUT2D eigenvalue weighted by Gasteiger charge is 2.53. The maximum atomic E-state index is 6.00. The fraction of sp³-hybridized carbons (Fsp3) is 1.00. The first-order chi connectivity index (χ1) is 9.17. The van der Waals surface area contributed by atoms with Crippen molar-refractivity contribution in [1.82, 2.24) is 0 Å². The van der Waals surface area contributed by atoms with Gasteiger partial charge in [-0.1, -0.05) is 13.8 Å². The number of rotatable bonds is 11.